The van der Waals surface area contributed by atoms with Crippen LogP contribution in [0.15, 0.2) is 59.4 Å². The van der Waals surface area contributed by atoms with Crippen LogP contribution in [-0.4, -0.2) is 63.6 Å². The summed E-state index contributed by atoms with van der Waals surface area (Å²) in [6.45, 7) is 5.26. The SMILES string of the molecule is COc1cccc(C(=O)N2CCN(Cc3cc(=O)n4nc(-c5ccccc5C)sc4n3)CC2)c1. The zero-order valence-corrected chi connectivity index (χ0v) is 19.9. The lowest BCUT2D eigenvalue weighted by Crippen LogP contribution is -2.48. The molecule has 3 heterocycles. The number of nitrogens with zero attached hydrogens (tertiary/aromatic N) is 5. The third-order valence-electron chi connectivity index (χ3n) is 6.04. The number of piperazine rings is 1. The first-order chi connectivity index (χ1) is 16.5. The highest BCUT2D eigenvalue weighted by Crippen LogP contribution is 2.27. The minimum Gasteiger partial charge on any atom is -0.497 e. The number of amides is 1. The number of carbonyl (C=O) groups is 1. The number of aryl methyl sites for hydroxylation is 1. The van der Waals surface area contributed by atoms with Gasteiger partial charge in [0, 0.05) is 49.9 Å². The second kappa shape index (κ2) is 9.36. The fourth-order valence-corrected chi connectivity index (χ4v) is 5.15. The van der Waals surface area contributed by atoms with E-state index in [0.717, 1.165) is 21.8 Å². The Hall–Kier alpha value is -3.56. The Morgan fingerprint density at radius 3 is 2.62 bits per heavy atom. The monoisotopic (exact) mass is 475 g/mol. The van der Waals surface area contributed by atoms with E-state index in [1.54, 1.807) is 19.2 Å². The standard InChI is InChI=1S/C25H25N5O3S/c1-17-6-3-4-9-21(17)23-27-30-22(31)15-19(26-25(30)34-23)16-28-10-12-29(13-11-28)24(32)18-7-5-8-20(14-18)33-2/h3-9,14-15H,10-13,16H2,1-2H3. The van der Waals surface area contributed by atoms with Crippen molar-refractivity contribution in [2.45, 2.75) is 13.5 Å². The van der Waals surface area contributed by atoms with Crippen molar-refractivity contribution >= 4 is 22.2 Å². The maximum atomic E-state index is 12.9. The van der Waals surface area contributed by atoms with Gasteiger partial charge in [0.2, 0.25) is 4.96 Å². The second-order valence-electron chi connectivity index (χ2n) is 8.30. The van der Waals surface area contributed by atoms with Gasteiger partial charge in [-0.05, 0) is 30.7 Å². The van der Waals surface area contributed by atoms with Gasteiger partial charge in [-0.1, -0.05) is 41.7 Å². The highest BCUT2D eigenvalue weighted by molar-refractivity contribution is 7.19. The fourth-order valence-electron chi connectivity index (χ4n) is 4.14. The first-order valence-corrected chi connectivity index (χ1v) is 11.9. The molecule has 1 aliphatic heterocycles. The number of ether oxygens (including phenoxy) is 1. The number of hydrogen-bond donors (Lipinski definition) is 0. The van der Waals surface area contributed by atoms with Crippen molar-refractivity contribution in [2.24, 2.45) is 0 Å². The molecule has 0 saturated carbocycles. The first kappa shape index (κ1) is 22.2. The van der Waals surface area contributed by atoms with Crippen LogP contribution in [0, 0.1) is 6.92 Å². The van der Waals surface area contributed by atoms with Crippen molar-refractivity contribution in [3.63, 3.8) is 0 Å². The molecule has 0 aliphatic carbocycles. The molecule has 2 aromatic carbocycles. The van der Waals surface area contributed by atoms with Crippen LogP contribution in [0.4, 0.5) is 0 Å². The number of rotatable bonds is 5. The molecule has 5 rings (SSSR count). The van der Waals surface area contributed by atoms with Crippen LogP contribution in [0.3, 0.4) is 0 Å². The number of carbonyl (C=O) groups excluding carboxylic acids is 1. The molecule has 0 N–H and O–H groups in total. The van der Waals surface area contributed by atoms with Crippen LogP contribution < -0.4 is 10.3 Å². The van der Waals surface area contributed by atoms with E-state index in [2.05, 4.69) is 10.00 Å². The molecule has 0 atom stereocenters. The number of methoxy groups -OCH3 is 1. The van der Waals surface area contributed by atoms with Gasteiger partial charge in [0.1, 0.15) is 10.8 Å². The van der Waals surface area contributed by atoms with E-state index in [4.69, 9.17) is 9.72 Å². The predicted octanol–water partition coefficient (Wildman–Crippen LogP) is 3.09. The summed E-state index contributed by atoms with van der Waals surface area (Å²) >= 11 is 1.42. The molecule has 0 spiro atoms. The molecule has 174 valence electrons. The summed E-state index contributed by atoms with van der Waals surface area (Å²) in [5.74, 6) is 0.677. The lowest BCUT2D eigenvalue weighted by Gasteiger charge is -2.34. The summed E-state index contributed by atoms with van der Waals surface area (Å²) in [6.07, 6.45) is 0. The highest BCUT2D eigenvalue weighted by Gasteiger charge is 2.23. The number of benzene rings is 2. The molecule has 0 bridgehead atoms. The summed E-state index contributed by atoms with van der Waals surface area (Å²) in [7, 11) is 1.59. The molecular weight excluding hydrogens is 450 g/mol. The molecular formula is C25H25N5O3S. The van der Waals surface area contributed by atoms with Crippen LogP contribution in [0.2, 0.25) is 0 Å². The summed E-state index contributed by atoms with van der Waals surface area (Å²) in [5.41, 5.74) is 3.29. The summed E-state index contributed by atoms with van der Waals surface area (Å²) in [4.78, 5) is 34.9. The summed E-state index contributed by atoms with van der Waals surface area (Å²) in [6, 6.07) is 16.8. The van der Waals surface area contributed by atoms with Gasteiger partial charge in [0.15, 0.2) is 0 Å². The highest BCUT2D eigenvalue weighted by atomic mass is 32.1. The lowest BCUT2D eigenvalue weighted by molar-refractivity contribution is 0.0626. The quantitative estimate of drug-likeness (QED) is 0.441. The van der Waals surface area contributed by atoms with Gasteiger partial charge in [0.05, 0.1) is 12.8 Å². The van der Waals surface area contributed by atoms with Gasteiger partial charge in [0.25, 0.3) is 11.5 Å². The third-order valence-corrected chi connectivity index (χ3v) is 6.98. The molecule has 1 aliphatic rings. The molecule has 4 aromatic rings. The number of fused-ring (bicyclic) bond motifs is 1. The zero-order valence-electron chi connectivity index (χ0n) is 19.1. The van der Waals surface area contributed by atoms with E-state index < -0.39 is 0 Å². The summed E-state index contributed by atoms with van der Waals surface area (Å²) in [5, 5.41) is 5.28. The summed E-state index contributed by atoms with van der Waals surface area (Å²) < 4.78 is 6.61. The van der Waals surface area contributed by atoms with Crippen molar-refractivity contribution in [3.8, 4) is 16.3 Å². The van der Waals surface area contributed by atoms with Gasteiger partial charge in [-0.2, -0.15) is 9.61 Å². The van der Waals surface area contributed by atoms with E-state index in [1.165, 1.54) is 15.9 Å². The van der Waals surface area contributed by atoms with E-state index in [0.29, 0.717) is 49.0 Å². The van der Waals surface area contributed by atoms with Crippen LogP contribution in [0.25, 0.3) is 15.5 Å². The average Bonchev–Trinajstić information content (AvgIpc) is 3.29. The molecule has 0 radical (unpaired) electrons. The molecule has 8 nitrogen and oxygen atoms in total. The van der Waals surface area contributed by atoms with Crippen molar-refractivity contribution < 1.29 is 9.53 Å². The number of aromatic nitrogens is 3. The van der Waals surface area contributed by atoms with E-state index in [-0.39, 0.29) is 11.5 Å². The van der Waals surface area contributed by atoms with Crippen molar-refractivity contribution in [1.82, 2.24) is 24.4 Å². The van der Waals surface area contributed by atoms with Crippen LogP contribution in [0.1, 0.15) is 21.6 Å². The van der Waals surface area contributed by atoms with Gasteiger partial charge >= 0.3 is 0 Å². The van der Waals surface area contributed by atoms with Gasteiger partial charge in [-0.3, -0.25) is 14.5 Å². The minimum absolute atomic E-state index is 0.00438. The normalized spacial score (nSPS) is 14.5. The topological polar surface area (TPSA) is 80.0 Å². The lowest BCUT2D eigenvalue weighted by atomic mass is 10.1. The largest absolute Gasteiger partial charge is 0.497 e. The van der Waals surface area contributed by atoms with Crippen molar-refractivity contribution in [2.75, 3.05) is 33.3 Å². The Morgan fingerprint density at radius 2 is 1.85 bits per heavy atom. The van der Waals surface area contributed by atoms with Gasteiger partial charge < -0.3 is 9.64 Å². The average molecular weight is 476 g/mol. The van der Waals surface area contributed by atoms with Crippen LogP contribution >= 0.6 is 11.3 Å². The van der Waals surface area contributed by atoms with Crippen molar-refractivity contribution in [3.05, 3.63) is 81.8 Å². The molecule has 1 amide bonds. The predicted molar refractivity (Wildman–Crippen MR) is 131 cm³/mol. The molecule has 1 fully saturated rings. The van der Waals surface area contributed by atoms with Gasteiger partial charge in [-0.25, -0.2) is 4.98 Å². The Bertz CT molecular complexity index is 1410. The maximum absolute atomic E-state index is 12.9. The minimum atomic E-state index is -0.178. The Morgan fingerprint density at radius 1 is 1.06 bits per heavy atom. The Kier molecular flexibility index (Phi) is 6.12. The molecule has 2 aromatic heterocycles. The Balaban J connectivity index is 1.27. The van der Waals surface area contributed by atoms with Crippen LogP contribution in [0.5, 0.6) is 5.75 Å². The molecule has 0 unspecified atom stereocenters. The smallest absolute Gasteiger partial charge is 0.275 e. The van der Waals surface area contributed by atoms with Crippen LogP contribution in [-0.2, 0) is 6.54 Å². The van der Waals surface area contributed by atoms with E-state index >= 15 is 0 Å². The van der Waals surface area contributed by atoms with Gasteiger partial charge in [-0.15, -0.1) is 0 Å². The van der Waals surface area contributed by atoms with Crippen molar-refractivity contribution in [1.29, 1.82) is 0 Å². The first-order valence-electron chi connectivity index (χ1n) is 11.1. The number of hydrogen-bond acceptors (Lipinski definition) is 7. The molecule has 1 saturated heterocycles. The molecule has 9 heteroatoms. The third kappa shape index (κ3) is 4.44. The van der Waals surface area contributed by atoms with E-state index in [9.17, 15) is 9.59 Å². The van der Waals surface area contributed by atoms with E-state index in [1.807, 2.05) is 54.3 Å². The fraction of sp³-hybridized carbons (Fsp3) is 0.280. The second-order valence-corrected chi connectivity index (χ2v) is 9.26. The molecule has 34 heavy (non-hydrogen) atoms. The maximum Gasteiger partial charge on any atom is 0.275 e. The zero-order chi connectivity index (χ0) is 23.7. The Labute approximate surface area is 201 Å².